The number of nitrogens with zero attached hydrogens (tertiary/aromatic N) is 1. The Morgan fingerprint density at radius 3 is 2.30 bits per heavy atom. The van der Waals surface area contributed by atoms with Crippen molar-refractivity contribution in [2.45, 2.75) is 18.4 Å². The molecule has 2 aliphatic rings. The number of ether oxygens (including phenoxy) is 2. The van der Waals surface area contributed by atoms with Crippen LogP contribution in [0.2, 0.25) is 0 Å². The van der Waals surface area contributed by atoms with E-state index in [-0.39, 0.29) is 32.2 Å². The Morgan fingerprint density at radius 1 is 1.09 bits per heavy atom. The van der Waals surface area contributed by atoms with Gasteiger partial charge in [-0.25, -0.2) is 9.59 Å². The Morgan fingerprint density at radius 2 is 1.70 bits per heavy atom. The molecule has 1 fully saturated rings. The van der Waals surface area contributed by atoms with Crippen LogP contribution in [0.4, 0.5) is 4.79 Å². The maximum atomic E-state index is 12.1. The first-order chi connectivity index (χ1) is 15.9. The highest BCUT2D eigenvalue weighted by Gasteiger charge is 2.42. The van der Waals surface area contributed by atoms with Crippen LogP contribution in [0.25, 0.3) is 11.1 Å². The molecule has 2 aromatic rings. The number of aliphatic carboxylic acids is 1. The van der Waals surface area contributed by atoms with E-state index in [0.717, 1.165) is 22.3 Å². The first-order valence-electron chi connectivity index (χ1n) is 10.6. The first kappa shape index (κ1) is 22.4. The molecule has 8 heteroatoms. The van der Waals surface area contributed by atoms with E-state index in [0.29, 0.717) is 0 Å². The van der Waals surface area contributed by atoms with Crippen molar-refractivity contribution in [2.75, 3.05) is 32.8 Å². The van der Waals surface area contributed by atoms with Crippen LogP contribution in [-0.2, 0) is 19.1 Å². The topological polar surface area (TPSA) is 105 Å². The number of benzene rings is 2. The van der Waals surface area contributed by atoms with E-state index in [1.807, 2.05) is 36.4 Å². The van der Waals surface area contributed by atoms with Crippen LogP contribution in [-0.4, -0.2) is 66.4 Å². The third-order valence-electron chi connectivity index (χ3n) is 5.74. The van der Waals surface area contributed by atoms with Gasteiger partial charge in [-0.15, -0.1) is 0 Å². The van der Waals surface area contributed by atoms with Gasteiger partial charge in [-0.2, -0.15) is 0 Å². The predicted octanol–water partition coefficient (Wildman–Crippen LogP) is 2.23. The smallest absolute Gasteiger partial charge is 0.407 e. The number of carbonyl (C=O) groups excluding carboxylic acids is 2. The molecule has 0 spiro atoms. The zero-order valence-electron chi connectivity index (χ0n) is 18.2. The number of nitrogens with one attached hydrogen (secondary N) is 1. The Labute approximate surface area is 191 Å². The highest BCUT2D eigenvalue weighted by molar-refractivity contribution is 5.94. The van der Waals surface area contributed by atoms with Gasteiger partial charge < -0.3 is 24.8 Å². The lowest BCUT2D eigenvalue weighted by molar-refractivity contribution is -0.170. The fraction of sp³-hybridized carbons (Fsp3) is 0.320. The monoisotopic (exact) mass is 448 g/mol. The Bertz CT molecular complexity index is 1100. The third-order valence-corrected chi connectivity index (χ3v) is 5.74. The van der Waals surface area contributed by atoms with Crippen molar-refractivity contribution in [3.63, 3.8) is 0 Å². The number of carboxylic acids is 1. The lowest BCUT2D eigenvalue weighted by atomic mass is 9.96. The molecule has 2 N–H and O–H groups in total. The van der Waals surface area contributed by atoms with E-state index >= 15 is 0 Å². The Balaban J connectivity index is 1.22. The average Bonchev–Trinajstić information content (AvgIpc) is 3.11. The summed E-state index contributed by atoms with van der Waals surface area (Å²) in [6, 6.07) is 16.2. The van der Waals surface area contributed by atoms with Crippen LogP contribution in [0.15, 0.2) is 48.5 Å². The van der Waals surface area contributed by atoms with Gasteiger partial charge in [0, 0.05) is 5.92 Å². The molecule has 1 aliphatic carbocycles. The van der Waals surface area contributed by atoms with Crippen LogP contribution in [0.1, 0.15) is 24.0 Å². The summed E-state index contributed by atoms with van der Waals surface area (Å²) in [5, 5.41) is 11.2. The quantitative estimate of drug-likeness (QED) is 0.657. The van der Waals surface area contributed by atoms with Crippen molar-refractivity contribution in [3.05, 3.63) is 59.7 Å². The van der Waals surface area contributed by atoms with Crippen LogP contribution in [0, 0.1) is 11.8 Å². The molecule has 0 atom stereocenters. The Hall–Kier alpha value is -3.83. The number of hydrogen-bond donors (Lipinski definition) is 2. The van der Waals surface area contributed by atoms with E-state index in [2.05, 4.69) is 29.3 Å². The second-order valence-corrected chi connectivity index (χ2v) is 8.27. The Kier molecular flexibility index (Phi) is 6.33. The maximum Gasteiger partial charge on any atom is 0.407 e. The summed E-state index contributed by atoms with van der Waals surface area (Å²) in [5.74, 6) is 3.59. The molecule has 0 saturated carbocycles. The summed E-state index contributed by atoms with van der Waals surface area (Å²) in [6.45, 7) is 2.05. The summed E-state index contributed by atoms with van der Waals surface area (Å²) in [4.78, 5) is 36.2. The molecule has 1 saturated heterocycles. The summed E-state index contributed by atoms with van der Waals surface area (Å²) in [5.41, 5.74) is 3.90. The molecule has 170 valence electrons. The van der Waals surface area contributed by atoms with Gasteiger partial charge in [0.2, 0.25) is 0 Å². The van der Waals surface area contributed by atoms with Gasteiger partial charge in [-0.1, -0.05) is 54.5 Å². The first-order valence-corrected chi connectivity index (χ1v) is 10.6. The summed E-state index contributed by atoms with van der Waals surface area (Å²) < 4.78 is 10.7. The summed E-state index contributed by atoms with van der Waals surface area (Å²) in [6.07, 6.45) is -0.600. The molecular formula is C25H24N2O6. The summed E-state index contributed by atoms with van der Waals surface area (Å²) >= 11 is 0. The number of hydrogen-bond acceptors (Lipinski definition) is 5. The lowest BCUT2D eigenvalue weighted by Crippen LogP contribution is -2.63. The number of rotatable bonds is 6. The van der Waals surface area contributed by atoms with Gasteiger partial charge >= 0.3 is 12.1 Å². The van der Waals surface area contributed by atoms with E-state index in [4.69, 9.17) is 14.6 Å². The highest BCUT2D eigenvalue weighted by atomic mass is 16.5. The molecule has 4 rings (SSSR count). The van der Waals surface area contributed by atoms with Crippen LogP contribution >= 0.6 is 0 Å². The second kappa shape index (κ2) is 9.35. The largest absolute Gasteiger partial charge is 0.480 e. The molecule has 0 aromatic heterocycles. The molecule has 1 heterocycles. The van der Waals surface area contributed by atoms with Crippen LogP contribution in [0.3, 0.4) is 0 Å². The van der Waals surface area contributed by atoms with Gasteiger partial charge in [0.05, 0.1) is 19.6 Å². The minimum atomic E-state index is -1.06. The third kappa shape index (κ3) is 4.99. The van der Waals surface area contributed by atoms with E-state index < -0.39 is 30.2 Å². The minimum absolute atomic E-state index is 0.0248. The van der Waals surface area contributed by atoms with Crippen molar-refractivity contribution in [3.8, 4) is 23.0 Å². The minimum Gasteiger partial charge on any atom is -0.480 e. The molecular weight excluding hydrogens is 424 g/mol. The van der Waals surface area contributed by atoms with Gasteiger partial charge in [0.15, 0.2) is 0 Å². The SMILES string of the molecule is CC1(OCC(=O)O)CN(C(=O)C#CCNC(=O)OCC2c3ccccc3-c3ccccc32)C1. The van der Waals surface area contributed by atoms with Gasteiger partial charge in [0.1, 0.15) is 18.8 Å². The van der Waals surface area contributed by atoms with Gasteiger partial charge in [0.25, 0.3) is 5.91 Å². The van der Waals surface area contributed by atoms with E-state index in [1.165, 1.54) is 4.90 Å². The number of alkyl carbamates (subject to hydrolysis) is 1. The molecule has 1 aliphatic heterocycles. The zero-order chi connectivity index (χ0) is 23.4. The van der Waals surface area contributed by atoms with Crippen molar-refractivity contribution in [2.24, 2.45) is 0 Å². The normalized spacial score (nSPS) is 15.4. The van der Waals surface area contributed by atoms with Crippen molar-refractivity contribution in [1.82, 2.24) is 10.2 Å². The fourth-order valence-corrected chi connectivity index (χ4v) is 4.20. The number of carbonyl (C=O) groups is 3. The lowest BCUT2D eigenvalue weighted by Gasteiger charge is -2.46. The molecule has 2 amide bonds. The van der Waals surface area contributed by atoms with Gasteiger partial charge in [-0.3, -0.25) is 4.79 Å². The van der Waals surface area contributed by atoms with E-state index in [1.54, 1.807) is 6.92 Å². The second-order valence-electron chi connectivity index (χ2n) is 8.27. The molecule has 33 heavy (non-hydrogen) atoms. The van der Waals surface area contributed by atoms with Crippen LogP contribution in [0.5, 0.6) is 0 Å². The molecule has 0 bridgehead atoms. The average molecular weight is 448 g/mol. The van der Waals surface area contributed by atoms with Crippen molar-refractivity contribution in [1.29, 1.82) is 0 Å². The van der Waals surface area contributed by atoms with Gasteiger partial charge in [-0.05, 0) is 35.1 Å². The van der Waals surface area contributed by atoms with Crippen molar-refractivity contribution < 1.29 is 29.0 Å². The number of amides is 2. The summed E-state index contributed by atoms with van der Waals surface area (Å²) in [7, 11) is 0. The number of likely N-dealkylation sites (tertiary alicyclic amines) is 1. The predicted molar refractivity (Wildman–Crippen MR) is 119 cm³/mol. The zero-order valence-corrected chi connectivity index (χ0v) is 18.2. The van der Waals surface area contributed by atoms with E-state index in [9.17, 15) is 14.4 Å². The standard InChI is InChI=1S/C25H24N2O6/c1-25(33-14-23(29)30)15-27(16-25)22(28)11-6-12-26-24(31)32-13-21-19-9-4-2-7-17(19)18-8-3-5-10-20(18)21/h2-5,7-10,21H,12-16H2,1H3,(H,26,31)(H,29,30). The van der Waals surface area contributed by atoms with Crippen LogP contribution < -0.4 is 5.32 Å². The fourth-order valence-electron chi connectivity index (χ4n) is 4.20. The van der Waals surface area contributed by atoms with Crippen molar-refractivity contribution >= 4 is 18.0 Å². The number of fused-ring (bicyclic) bond motifs is 3. The maximum absolute atomic E-state index is 12.1. The molecule has 2 aromatic carbocycles. The number of carboxylic acid groups (broad SMARTS) is 1. The highest BCUT2D eigenvalue weighted by Crippen LogP contribution is 2.44. The molecule has 8 nitrogen and oxygen atoms in total. The molecule has 0 unspecified atom stereocenters. The molecule has 0 radical (unpaired) electrons.